The maximum absolute atomic E-state index is 13.0. The summed E-state index contributed by atoms with van der Waals surface area (Å²) in [5.41, 5.74) is -1.73. The molecule has 0 amide bonds. The topological polar surface area (TPSA) is 69.9 Å². The number of pyridine rings is 1. The lowest BCUT2D eigenvalue weighted by molar-refractivity contribution is -0.138. The minimum Gasteiger partial charge on any atom is -0.465 e. The molecule has 0 saturated heterocycles. The van der Waals surface area contributed by atoms with Crippen molar-refractivity contribution in [1.29, 1.82) is 0 Å². The number of carbonyl (C=O) groups is 1. The van der Waals surface area contributed by atoms with Gasteiger partial charge in [0.25, 0.3) is 0 Å². The molecule has 112 valence electrons. The lowest BCUT2D eigenvalue weighted by Crippen LogP contribution is -2.15. The molecule has 0 unspecified atom stereocenters. The highest BCUT2D eigenvalue weighted by atomic mass is 32.2. The van der Waals surface area contributed by atoms with Crippen LogP contribution in [0.4, 0.5) is 13.2 Å². The van der Waals surface area contributed by atoms with E-state index in [1.165, 1.54) is 11.0 Å². The lowest BCUT2D eigenvalue weighted by atomic mass is 10.1. The van der Waals surface area contributed by atoms with Gasteiger partial charge in [-0.05, 0) is 17.8 Å². The number of esters is 1. The van der Waals surface area contributed by atoms with Crippen molar-refractivity contribution in [3.63, 3.8) is 0 Å². The summed E-state index contributed by atoms with van der Waals surface area (Å²) >= 11 is 0.905. The lowest BCUT2D eigenvalue weighted by Gasteiger charge is -2.12. The standard InChI is InChI=1S/C11H9F3N4O2S/c1-18-10(16-5-17-18)21-8-3-7(11(12,13)14)6(4-15-8)9(19)20-2/h3-5H,1-2H3. The summed E-state index contributed by atoms with van der Waals surface area (Å²) in [6.45, 7) is 0. The van der Waals surface area contributed by atoms with Crippen molar-refractivity contribution in [2.45, 2.75) is 16.4 Å². The number of halogens is 3. The Balaban J connectivity index is 2.42. The number of ether oxygens (including phenoxy) is 1. The SMILES string of the molecule is COC(=O)c1cnc(Sc2ncnn2C)cc1C(F)(F)F. The van der Waals surface area contributed by atoms with E-state index in [9.17, 15) is 18.0 Å². The third-order valence-corrected chi connectivity index (χ3v) is 3.44. The fourth-order valence-electron chi connectivity index (χ4n) is 1.47. The van der Waals surface area contributed by atoms with Crippen molar-refractivity contribution in [3.05, 3.63) is 29.7 Å². The molecule has 0 fully saturated rings. The van der Waals surface area contributed by atoms with Crippen LogP contribution in [0.3, 0.4) is 0 Å². The van der Waals surface area contributed by atoms with Crippen molar-refractivity contribution in [2.75, 3.05) is 7.11 Å². The molecule has 0 aliphatic heterocycles. The van der Waals surface area contributed by atoms with Gasteiger partial charge in [0.2, 0.25) is 0 Å². The quantitative estimate of drug-likeness (QED) is 0.808. The Morgan fingerprint density at radius 3 is 2.62 bits per heavy atom. The van der Waals surface area contributed by atoms with Gasteiger partial charge in [0.05, 0.1) is 18.2 Å². The van der Waals surface area contributed by atoms with Crippen molar-refractivity contribution >= 4 is 17.7 Å². The average Bonchev–Trinajstić information content (AvgIpc) is 2.82. The average molecular weight is 318 g/mol. The molecule has 10 heteroatoms. The molecular weight excluding hydrogens is 309 g/mol. The minimum absolute atomic E-state index is 0.0473. The van der Waals surface area contributed by atoms with E-state index >= 15 is 0 Å². The van der Waals surface area contributed by atoms with Gasteiger partial charge in [-0.15, -0.1) is 0 Å². The van der Waals surface area contributed by atoms with Gasteiger partial charge in [-0.1, -0.05) is 0 Å². The monoisotopic (exact) mass is 318 g/mol. The first kappa shape index (κ1) is 15.3. The van der Waals surface area contributed by atoms with Crippen molar-refractivity contribution < 1.29 is 22.7 Å². The number of aromatic nitrogens is 4. The summed E-state index contributed by atoms with van der Waals surface area (Å²) in [4.78, 5) is 19.1. The first-order valence-corrected chi connectivity index (χ1v) is 6.32. The van der Waals surface area contributed by atoms with Crippen LogP contribution in [0.2, 0.25) is 0 Å². The number of hydrogen-bond acceptors (Lipinski definition) is 6. The van der Waals surface area contributed by atoms with Crippen LogP contribution in [0.1, 0.15) is 15.9 Å². The molecule has 2 aromatic rings. The van der Waals surface area contributed by atoms with Crippen molar-refractivity contribution in [3.8, 4) is 0 Å². The number of alkyl halides is 3. The molecule has 0 aliphatic rings. The summed E-state index contributed by atoms with van der Waals surface area (Å²) in [7, 11) is 2.60. The second kappa shape index (κ2) is 5.72. The molecular formula is C11H9F3N4O2S. The zero-order valence-corrected chi connectivity index (χ0v) is 11.7. The number of aryl methyl sites for hydroxylation is 1. The van der Waals surface area contributed by atoms with Crippen LogP contribution in [0.15, 0.2) is 28.8 Å². The molecule has 21 heavy (non-hydrogen) atoms. The fourth-order valence-corrected chi connectivity index (χ4v) is 2.22. The van der Waals surface area contributed by atoms with Gasteiger partial charge in [0, 0.05) is 13.2 Å². The van der Waals surface area contributed by atoms with E-state index in [1.54, 1.807) is 7.05 Å². The van der Waals surface area contributed by atoms with E-state index < -0.39 is 23.3 Å². The highest BCUT2D eigenvalue weighted by Gasteiger charge is 2.36. The van der Waals surface area contributed by atoms with E-state index in [0.717, 1.165) is 31.1 Å². The van der Waals surface area contributed by atoms with Crippen LogP contribution in [-0.4, -0.2) is 32.8 Å². The summed E-state index contributed by atoms with van der Waals surface area (Å²) in [6, 6.07) is 0.783. The number of carbonyl (C=O) groups excluding carboxylic acids is 1. The number of rotatable bonds is 3. The van der Waals surface area contributed by atoms with Gasteiger partial charge in [-0.3, -0.25) is 0 Å². The highest BCUT2D eigenvalue weighted by Crippen LogP contribution is 2.35. The third kappa shape index (κ3) is 3.32. The first-order valence-electron chi connectivity index (χ1n) is 5.50. The van der Waals surface area contributed by atoms with Crippen LogP contribution in [0.5, 0.6) is 0 Å². The highest BCUT2D eigenvalue weighted by molar-refractivity contribution is 7.99. The summed E-state index contributed by atoms with van der Waals surface area (Å²) in [5.74, 6) is -1.09. The molecule has 0 aromatic carbocycles. The Labute approximate surface area is 121 Å². The predicted octanol–water partition coefficient (Wildman–Crippen LogP) is 2.17. The zero-order valence-electron chi connectivity index (χ0n) is 10.9. The normalized spacial score (nSPS) is 11.5. The number of hydrogen-bond donors (Lipinski definition) is 0. The molecule has 0 aliphatic carbocycles. The Morgan fingerprint density at radius 2 is 2.10 bits per heavy atom. The maximum atomic E-state index is 13.0. The Morgan fingerprint density at radius 1 is 1.38 bits per heavy atom. The van der Waals surface area contributed by atoms with Crippen LogP contribution in [0.25, 0.3) is 0 Å². The smallest absolute Gasteiger partial charge is 0.417 e. The summed E-state index contributed by atoms with van der Waals surface area (Å²) < 4.78 is 44.7. The van der Waals surface area contributed by atoms with Crippen LogP contribution in [-0.2, 0) is 18.0 Å². The minimum atomic E-state index is -4.69. The molecule has 0 spiro atoms. The van der Waals surface area contributed by atoms with Crippen molar-refractivity contribution in [2.24, 2.45) is 7.05 Å². The van der Waals surface area contributed by atoms with E-state index in [1.807, 2.05) is 0 Å². The van der Waals surface area contributed by atoms with Gasteiger partial charge < -0.3 is 4.74 Å². The van der Waals surface area contributed by atoms with E-state index in [2.05, 4.69) is 19.8 Å². The zero-order chi connectivity index (χ0) is 15.6. The second-order valence-electron chi connectivity index (χ2n) is 3.83. The van der Waals surface area contributed by atoms with Gasteiger partial charge >= 0.3 is 12.1 Å². The molecule has 0 N–H and O–H groups in total. The maximum Gasteiger partial charge on any atom is 0.417 e. The van der Waals surface area contributed by atoms with Crippen LogP contribution < -0.4 is 0 Å². The second-order valence-corrected chi connectivity index (χ2v) is 4.81. The van der Waals surface area contributed by atoms with E-state index in [0.29, 0.717) is 5.16 Å². The number of methoxy groups -OCH3 is 1. The van der Waals surface area contributed by atoms with Gasteiger partial charge in [-0.25, -0.2) is 19.4 Å². The Bertz CT molecular complexity index is 672. The molecule has 0 radical (unpaired) electrons. The number of nitrogens with zero attached hydrogens (tertiary/aromatic N) is 4. The molecule has 2 aromatic heterocycles. The molecule has 2 rings (SSSR count). The Hall–Kier alpha value is -2.10. The molecule has 0 bridgehead atoms. The van der Waals surface area contributed by atoms with Crippen molar-refractivity contribution in [1.82, 2.24) is 19.7 Å². The van der Waals surface area contributed by atoms with Crippen LogP contribution >= 0.6 is 11.8 Å². The fraction of sp³-hybridized carbons (Fsp3) is 0.273. The Kier molecular flexibility index (Phi) is 4.16. The first-order chi connectivity index (χ1) is 9.82. The summed E-state index contributed by atoms with van der Waals surface area (Å²) in [6.07, 6.45) is -2.58. The molecule has 6 nitrogen and oxygen atoms in total. The molecule has 0 atom stereocenters. The third-order valence-electron chi connectivity index (χ3n) is 2.46. The molecule has 0 saturated carbocycles. The van der Waals surface area contributed by atoms with E-state index in [-0.39, 0.29) is 5.03 Å². The van der Waals surface area contributed by atoms with Gasteiger partial charge in [-0.2, -0.15) is 18.3 Å². The van der Waals surface area contributed by atoms with E-state index in [4.69, 9.17) is 0 Å². The van der Waals surface area contributed by atoms with Crippen LogP contribution in [0, 0.1) is 0 Å². The summed E-state index contributed by atoms with van der Waals surface area (Å²) in [5, 5.41) is 4.23. The van der Waals surface area contributed by atoms with Gasteiger partial charge in [0.1, 0.15) is 11.4 Å². The largest absolute Gasteiger partial charge is 0.465 e. The molecule has 2 heterocycles. The predicted molar refractivity (Wildman–Crippen MR) is 65.7 cm³/mol. The van der Waals surface area contributed by atoms with Gasteiger partial charge in [0.15, 0.2) is 5.16 Å².